The third kappa shape index (κ3) is 6.72. The highest BCUT2D eigenvalue weighted by Gasteiger charge is 2.30. The molecule has 2 aromatic heterocycles. The lowest BCUT2D eigenvalue weighted by molar-refractivity contribution is -0.140. The SMILES string of the molecule is O=C(NO)c1ccc(NCC#Cc2cc3c(NC4CCS(=O)(=O)CC4)cccc3n2CC(F)(F)F)cn1. The molecule has 13 heteroatoms. The number of anilines is 2. The Morgan fingerprint density at radius 2 is 1.95 bits per heavy atom. The van der Waals surface area contributed by atoms with Crippen LogP contribution < -0.4 is 16.1 Å². The molecule has 1 amide bonds. The van der Waals surface area contributed by atoms with Gasteiger partial charge in [-0.1, -0.05) is 12.0 Å². The van der Waals surface area contributed by atoms with Crippen molar-refractivity contribution in [3.8, 4) is 11.8 Å². The van der Waals surface area contributed by atoms with Crippen LogP contribution in [0.3, 0.4) is 0 Å². The first kappa shape index (κ1) is 26.3. The molecule has 1 aromatic carbocycles. The number of alkyl halides is 3. The lowest BCUT2D eigenvalue weighted by Gasteiger charge is -2.24. The van der Waals surface area contributed by atoms with Crippen molar-refractivity contribution in [3.63, 3.8) is 0 Å². The van der Waals surface area contributed by atoms with Crippen LogP contribution in [0.25, 0.3) is 10.9 Å². The van der Waals surface area contributed by atoms with Gasteiger partial charge < -0.3 is 15.2 Å². The Labute approximate surface area is 210 Å². The second-order valence-corrected chi connectivity index (χ2v) is 10.9. The van der Waals surface area contributed by atoms with Gasteiger partial charge in [0.25, 0.3) is 5.91 Å². The number of hydrogen-bond acceptors (Lipinski definition) is 7. The first-order valence-corrected chi connectivity index (χ1v) is 13.2. The highest BCUT2D eigenvalue weighted by molar-refractivity contribution is 7.91. The van der Waals surface area contributed by atoms with E-state index in [0.29, 0.717) is 35.1 Å². The van der Waals surface area contributed by atoms with E-state index in [9.17, 15) is 26.4 Å². The van der Waals surface area contributed by atoms with Gasteiger partial charge in [0.1, 0.15) is 22.1 Å². The first-order chi connectivity index (χ1) is 17.5. The third-order valence-corrected chi connectivity index (χ3v) is 7.61. The predicted octanol–water partition coefficient (Wildman–Crippen LogP) is 3.17. The van der Waals surface area contributed by atoms with Gasteiger partial charge in [0, 0.05) is 17.1 Å². The zero-order chi connectivity index (χ0) is 26.6. The average Bonchev–Trinajstić information content (AvgIpc) is 3.19. The van der Waals surface area contributed by atoms with Crippen LogP contribution in [0.5, 0.6) is 0 Å². The van der Waals surface area contributed by atoms with Crippen molar-refractivity contribution in [2.75, 3.05) is 28.7 Å². The smallest absolute Gasteiger partial charge is 0.382 e. The number of sulfone groups is 1. The summed E-state index contributed by atoms with van der Waals surface area (Å²) in [5.74, 6) is 5.01. The van der Waals surface area contributed by atoms with E-state index in [1.165, 1.54) is 17.7 Å². The molecular weight excluding hydrogens is 511 g/mol. The molecule has 0 bridgehead atoms. The van der Waals surface area contributed by atoms with Crippen LogP contribution in [-0.2, 0) is 16.4 Å². The fourth-order valence-corrected chi connectivity index (χ4v) is 5.58. The van der Waals surface area contributed by atoms with Crippen LogP contribution in [0.15, 0.2) is 42.6 Å². The normalized spacial score (nSPS) is 15.6. The number of halogens is 3. The average molecular weight is 536 g/mol. The number of aromatic nitrogens is 2. The molecule has 4 N–H and O–H groups in total. The van der Waals surface area contributed by atoms with E-state index >= 15 is 0 Å². The maximum atomic E-state index is 13.4. The molecule has 0 saturated carbocycles. The summed E-state index contributed by atoms with van der Waals surface area (Å²) in [4.78, 5) is 15.2. The summed E-state index contributed by atoms with van der Waals surface area (Å²) in [6.07, 6.45) is -2.24. The zero-order valence-corrected chi connectivity index (χ0v) is 20.3. The second kappa shape index (κ2) is 10.7. The molecule has 0 aliphatic carbocycles. The summed E-state index contributed by atoms with van der Waals surface area (Å²) in [6.45, 7) is -1.11. The van der Waals surface area contributed by atoms with Gasteiger partial charge in [-0.3, -0.25) is 10.0 Å². The Kier molecular flexibility index (Phi) is 7.60. The molecule has 196 valence electrons. The van der Waals surface area contributed by atoms with Crippen LogP contribution in [0.4, 0.5) is 24.5 Å². The largest absolute Gasteiger partial charge is 0.406 e. The van der Waals surface area contributed by atoms with Crippen molar-refractivity contribution in [2.24, 2.45) is 0 Å². The summed E-state index contributed by atoms with van der Waals surface area (Å²) >= 11 is 0. The van der Waals surface area contributed by atoms with Crippen LogP contribution in [0.2, 0.25) is 0 Å². The van der Waals surface area contributed by atoms with Crippen molar-refractivity contribution in [1.82, 2.24) is 15.0 Å². The molecule has 9 nitrogen and oxygen atoms in total. The number of fused-ring (bicyclic) bond motifs is 1. The molecular formula is C24H24F3N5O4S. The highest BCUT2D eigenvalue weighted by Crippen LogP contribution is 2.31. The van der Waals surface area contributed by atoms with E-state index in [-0.39, 0.29) is 35.5 Å². The van der Waals surface area contributed by atoms with Crippen LogP contribution >= 0.6 is 0 Å². The van der Waals surface area contributed by atoms with E-state index < -0.39 is 28.5 Å². The first-order valence-electron chi connectivity index (χ1n) is 11.3. The van der Waals surface area contributed by atoms with Gasteiger partial charge in [0.05, 0.1) is 41.1 Å². The molecule has 4 rings (SSSR count). The second-order valence-electron chi connectivity index (χ2n) is 8.57. The number of carbonyl (C=O) groups is 1. The Morgan fingerprint density at radius 1 is 1.19 bits per heavy atom. The van der Waals surface area contributed by atoms with Gasteiger partial charge in [0.15, 0.2) is 0 Å². The Bertz CT molecular complexity index is 1440. The molecule has 3 aromatic rings. The topological polar surface area (TPSA) is 125 Å². The number of hydroxylamine groups is 1. The molecule has 1 fully saturated rings. The van der Waals surface area contributed by atoms with Gasteiger partial charge in [-0.05, 0) is 49.1 Å². The van der Waals surface area contributed by atoms with Gasteiger partial charge in [0.2, 0.25) is 0 Å². The van der Waals surface area contributed by atoms with E-state index in [2.05, 4.69) is 27.5 Å². The number of benzene rings is 1. The Hall–Kier alpha value is -3.76. The van der Waals surface area contributed by atoms with Gasteiger partial charge >= 0.3 is 6.18 Å². The molecule has 1 aliphatic heterocycles. The molecule has 0 atom stereocenters. The predicted molar refractivity (Wildman–Crippen MR) is 132 cm³/mol. The van der Waals surface area contributed by atoms with Crippen molar-refractivity contribution in [1.29, 1.82) is 0 Å². The molecule has 1 saturated heterocycles. The lowest BCUT2D eigenvalue weighted by Crippen LogP contribution is -2.32. The lowest BCUT2D eigenvalue weighted by atomic mass is 10.1. The molecule has 0 spiro atoms. The van der Waals surface area contributed by atoms with Crippen molar-refractivity contribution < 1.29 is 31.6 Å². The zero-order valence-electron chi connectivity index (χ0n) is 19.5. The minimum atomic E-state index is -4.46. The fourth-order valence-electron chi connectivity index (χ4n) is 4.09. The monoisotopic (exact) mass is 535 g/mol. The van der Waals surface area contributed by atoms with Crippen molar-refractivity contribution in [3.05, 3.63) is 54.0 Å². The highest BCUT2D eigenvalue weighted by atomic mass is 32.2. The molecule has 37 heavy (non-hydrogen) atoms. The summed E-state index contributed by atoms with van der Waals surface area (Å²) in [5.41, 5.74) is 3.19. The molecule has 3 heterocycles. The van der Waals surface area contributed by atoms with Crippen molar-refractivity contribution in [2.45, 2.75) is 31.6 Å². The van der Waals surface area contributed by atoms with Crippen LogP contribution in [-0.4, -0.2) is 59.4 Å². The number of nitrogens with one attached hydrogen (secondary N) is 3. The number of carbonyl (C=O) groups excluding carboxylic acids is 1. The Morgan fingerprint density at radius 3 is 2.59 bits per heavy atom. The third-order valence-electron chi connectivity index (χ3n) is 5.89. The summed E-state index contributed by atoms with van der Waals surface area (Å²) in [5, 5.41) is 15.4. The number of nitrogens with zero attached hydrogens (tertiary/aromatic N) is 2. The minimum Gasteiger partial charge on any atom is -0.382 e. The van der Waals surface area contributed by atoms with E-state index in [1.54, 1.807) is 30.3 Å². The quantitative estimate of drug-likeness (QED) is 0.217. The van der Waals surface area contributed by atoms with E-state index in [0.717, 1.165) is 4.57 Å². The maximum Gasteiger partial charge on any atom is 0.406 e. The van der Waals surface area contributed by atoms with E-state index in [4.69, 9.17) is 5.21 Å². The number of hydrogen-bond donors (Lipinski definition) is 4. The number of pyridine rings is 1. The summed E-state index contributed by atoms with van der Waals surface area (Å²) < 4.78 is 64.7. The van der Waals surface area contributed by atoms with Crippen LogP contribution in [0, 0.1) is 11.8 Å². The number of rotatable bonds is 6. The molecule has 0 radical (unpaired) electrons. The maximum absolute atomic E-state index is 13.4. The number of amides is 1. The van der Waals surface area contributed by atoms with Gasteiger partial charge in [-0.2, -0.15) is 13.2 Å². The van der Waals surface area contributed by atoms with Crippen molar-refractivity contribution >= 4 is 38.0 Å². The van der Waals surface area contributed by atoms with Gasteiger partial charge in [-0.25, -0.2) is 18.9 Å². The Balaban J connectivity index is 1.55. The van der Waals surface area contributed by atoms with E-state index in [1.807, 2.05) is 0 Å². The summed E-state index contributed by atoms with van der Waals surface area (Å²) in [6, 6.07) is 9.45. The minimum absolute atomic E-state index is 0.00932. The van der Waals surface area contributed by atoms with Crippen LogP contribution in [0.1, 0.15) is 29.0 Å². The fraction of sp³-hybridized carbons (Fsp3) is 0.333. The standard InChI is InChI=1S/C24H24F3N5O4S/c25-24(26,27)15-32-18(3-2-10-28-17-6-7-21(29-14-17)23(33)31-34)13-19-20(4-1-5-22(19)32)30-16-8-11-37(35,36)12-9-16/h1,4-7,13-14,16,28,30,34H,8-12,15H2,(H,31,33). The molecule has 0 unspecified atom stereocenters. The summed E-state index contributed by atoms with van der Waals surface area (Å²) in [7, 11) is -3.04. The molecule has 1 aliphatic rings. The van der Waals surface area contributed by atoms with Gasteiger partial charge in [-0.15, -0.1) is 0 Å².